The van der Waals surface area contributed by atoms with Gasteiger partial charge in [-0.25, -0.2) is 14.8 Å². The summed E-state index contributed by atoms with van der Waals surface area (Å²) in [5, 5.41) is 13.7. The van der Waals surface area contributed by atoms with E-state index < -0.39 is 11.7 Å². The first-order valence-corrected chi connectivity index (χ1v) is 13.1. The maximum Gasteiger partial charge on any atom is 0.328 e. The van der Waals surface area contributed by atoms with Crippen LogP contribution in [-0.4, -0.2) is 87.2 Å². The number of amides is 3. The van der Waals surface area contributed by atoms with E-state index in [0.29, 0.717) is 63.4 Å². The van der Waals surface area contributed by atoms with Crippen molar-refractivity contribution < 1.29 is 19.1 Å². The minimum absolute atomic E-state index is 0.0693. The van der Waals surface area contributed by atoms with Crippen LogP contribution in [0.1, 0.15) is 44.7 Å². The number of amidine groups is 1. The van der Waals surface area contributed by atoms with Crippen LogP contribution in [0.3, 0.4) is 0 Å². The second-order valence-corrected chi connectivity index (χ2v) is 9.50. The smallest absolute Gasteiger partial charge is 0.328 e. The molecular formula is C27H38N6O4. The van der Waals surface area contributed by atoms with Gasteiger partial charge in [-0.1, -0.05) is 32.9 Å². The van der Waals surface area contributed by atoms with Crippen molar-refractivity contribution in [3.8, 4) is 0 Å². The van der Waals surface area contributed by atoms with E-state index in [1.807, 2.05) is 61.1 Å². The number of likely N-dealkylation sites (N-methyl/N-ethyl adjacent to an activating group) is 1. The molecule has 3 heterocycles. The zero-order valence-electron chi connectivity index (χ0n) is 22.0. The van der Waals surface area contributed by atoms with E-state index in [0.717, 1.165) is 11.1 Å². The van der Waals surface area contributed by atoms with Crippen LogP contribution in [0.4, 0.5) is 10.5 Å². The normalized spacial score (nSPS) is 21.7. The monoisotopic (exact) mass is 510 g/mol. The van der Waals surface area contributed by atoms with Gasteiger partial charge in [0.1, 0.15) is 5.84 Å². The zero-order valence-corrected chi connectivity index (χ0v) is 22.0. The van der Waals surface area contributed by atoms with Gasteiger partial charge in [0.25, 0.3) is 5.91 Å². The summed E-state index contributed by atoms with van der Waals surface area (Å²) < 4.78 is 5.29. The molecule has 2 aliphatic rings. The van der Waals surface area contributed by atoms with Gasteiger partial charge in [0.05, 0.1) is 19.1 Å². The number of nitrogens with two attached hydrogens (primary N) is 1. The summed E-state index contributed by atoms with van der Waals surface area (Å²) in [7, 11) is 0. The first-order valence-electron chi connectivity index (χ1n) is 13.1. The molecule has 3 N–H and O–H groups in total. The number of hydrogen-bond acceptors (Lipinski definition) is 8. The highest BCUT2D eigenvalue weighted by atomic mass is 16.3. The zero-order chi connectivity index (χ0) is 26.6. The largest absolute Gasteiger partial charge is 0.472 e. The van der Waals surface area contributed by atoms with Gasteiger partial charge in [-0.05, 0) is 48.6 Å². The number of aliphatic hydroxyl groups is 1. The van der Waals surface area contributed by atoms with Crippen molar-refractivity contribution in [2.24, 2.45) is 4.99 Å². The second-order valence-electron chi connectivity index (χ2n) is 9.50. The van der Waals surface area contributed by atoms with Gasteiger partial charge >= 0.3 is 6.03 Å². The molecule has 2 atom stereocenters. The minimum atomic E-state index is -1.07. The van der Waals surface area contributed by atoms with Gasteiger partial charge in [-0.15, -0.1) is 0 Å². The van der Waals surface area contributed by atoms with Crippen molar-refractivity contribution in [2.75, 3.05) is 38.5 Å². The summed E-state index contributed by atoms with van der Waals surface area (Å²) in [4.78, 5) is 36.3. The number of aliphatic hydroxyl groups excluding tert-OH is 1. The molecule has 200 valence electrons. The Bertz CT molecular complexity index is 1120. The highest BCUT2D eigenvalue weighted by molar-refractivity contribution is 6.05. The Morgan fingerprint density at radius 1 is 1.16 bits per heavy atom. The number of imide groups is 1. The molecule has 10 heteroatoms. The summed E-state index contributed by atoms with van der Waals surface area (Å²) in [6, 6.07) is 8.47. The number of furan rings is 1. The highest BCUT2D eigenvalue weighted by Gasteiger charge is 2.62. The van der Waals surface area contributed by atoms with Gasteiger partial charge in [0.2, 0.25) is 0 Å². The Labute approximate surface area is 218 Å². The van der Waals surface area contributed by atoms with E-state index in [2.05, 4.69) is 0 Å². The number of hydrogen-bond donors (Lipinski definition) is 2. The van der Waals surface area contributed by atoms with Gasteiger partial charge in [-0.3, -0.25) is 19.6 Å². The Hall–Kier alpha value is -3.37. The van der Waals surface area contributed by atoms with E-state index in [1.165, 1.54) is 4.90 Å². The SMILES string of the molecule is CCCN1C(=O)C2N(N(CC)CCO)C(Cc3ccoc3)=NC2(CC)N(CCc2cccc(N)c2)C1=O. The number of benzene rings is 1. The number of rotatable bonds is 12. The molecule has 0 radical (unpaired) electrons. The van der Waals surface area contributed by atoms with E-state index >= 15 is 0 Å². The third-order valence-corrected chi connectivity index (χ3v) is 7.21. The van der Waals surface area contributed by atoms with Crippen LogP contribution in [0, 0.1) is 0 Å². The van der Waals surface area contributed by atoms with Crippen LogP contribution in [0.5, 0.6) is 0 Å². The molecule has 0 aliphatic carbocycles. The summed E-state index contributed by atoms with van der Waals surface area (Å²) in [5.41, 5.74) is 7.53. The third-order valence-electron chi connectivity index (χ3n) is 7.21. The van der Waals surface area contributed by atoms with Crippen molar-refractivity contribution in [3.63, 3.8) is 0 Å². The summed E-state index contributed by atoms with van der Waals surface area (Å²) in [5.74, 6) is 0.424. The predicted molar refractivity (Wildman–Crippen MR) is 141 cm³/mol. The fraction of sp³-hybridized carbons (Fsp3) is 0.519. The number of carbonyl (C=O) groups excluding carboxylic acids is 2. The van der Waals surface area contributed by atoms with Gasteiger partial charge in [0, 0.05) is 38.3 Å². The molecule has 1 saturated heterocycles. The lowest BCUT2D eigenvalue weighted by Gasteiger charge is -2.51. The Morgan fingerprint density at radius 3 is 2.59 bits per heavy atom. The highest BCUT2D eigenvalue weighted by Crippen LogP contribution is 2.42. The molecule has 10 nitrogen and oxygen atoms in total. The lowest BCUT2D eigenvalue weighted by Crippen LogP contribution is -2.74. The van der Waals surface area contributed by atoms with Gasteiger partial charge < -0.3 is 15.3 Å². The lowest BCUT2D eigenvalue weighted by atomic mass is 9.91. The number of nitrogen functional groups attached to an aromatic ring is 1. The number of anilines is 1. The molecule has 2 unspecified atom stereocenters. The molecule has 0 saturated carbocycles. The van der Waals surface area contributed by atoms with Crippen molar-refractivity contribution >= 4 is 23.5 Å². The Morgan fingerprint density at radius 2 is 1.97 bits per heavy atom. The molecule has 2 aromatic rings. The molecule has 0 spiro atoms. The number of hydrazine groups is 1. The molecule has 2 aliphatic heterocycles. The number of fused-ring (bicyclic) bond motifs is 1. The fourth-order valence-corrected chi connectivity index (χ4v) is 5.47. The summed E-state index contributed by atoms with van der Waals surface area (Å²) in [6.45, 7) is 7.48. The maximum atomic E-state index is 14.1. The van der Waals surface area contributed by atoms with E-state index in [1.54, 1.807) is 17.4 Å². The Balaban J connectivity index is 1.80. The van der Waals surface area contributed by atoms with Crippen molar-refractivity contribution in [2.45, 2.75) is 58.2 Å². The molecule has 4 rings (SSSR count). The van der Waals surface area contributed by atoms with Crippen molar-refractivity contribution in [1.29, 1.82) is 0 Å². The molecule has 37 heavy (non-hydrogen) atoms. The number of nitrogens with zero attached hydrogens (tertiary/aromatic N) is 5. The minimum Gasteiger partial charge on any atom is -0.472 e. The quantitative estimate of drug-likeness (QED) is 0.422. The fourth-order valence-electron chi connectivity index (χ4n) is 5.47. The van der Waals surface area contributed by atoms with Crippen LogP contribution < -0.4 is 5.73 Å². The molecular weight excluding hydrogens is 472 g/mol. The van der Waals surface area contributed by atoms with Gasteiger partial charge in [-0.2, -0.15) is 0 Å². The van der Waals surface area contributed by atoms with Gasteiger partial charge in [0.15, 0.2) is 11.7 Å². The van der Waals surface area contributed by atoms with Crippen LogP contribution in [0.15, 0.2) is 52.3 Å². The van der Waals surface area contributed by atoms with Crippen molar-refractivity contribution in [3.05, 3.63) is 54.0 Å². The Kier molecular flexibility index (Phi) is 8.19. The van der Waals surface area contributed by atoms with Crippen LogP contribution >= 0.6 is 0 Å². The van der Waals surface area contributed by atoms with E-state index in [9.17, 15) is 14.7 Å². The van der Waals surface area contributed by atoms with Crippen LogP contribution in [0.25, 0.3) is 0 Å². The molecule has 3 amide bonds. The summed E-state index contributed by atoms with van der Waals surface area (Å²) in [6.07, 6.45) is 5.42. The standard InChI is InChI=1S/C27H38N6O4/c1-4-12-31-25(35)24-27(5-2,32(26(31)36)13-10-20-8-7-9-22(28)17-20)29-23(18-21-11-16-37-19-21)33(24)30(6-3)14-15-34/h7-9,11,16-17,19,24,34H,4-6,10,12-15,18,28H2,1-3H3. The first kappa shape index (κ1) is 26.7. The molecule has 1 aromatic heterocycles. The lowest BCUT2D eigenvalue weighted by molar-refractivity contribution is -0.151. The van der Waals surface area contributed by atoms with Crippen LogP contribution in [-0.2, 0) is 17.6 Å². The topological polar surface area (TPSA) is 119 Å². The second kappa shape index (κ2) is 11.4. The summed E-state index contributed by atoms with van der Waals surface area (Å²) >= 11 is 0. The predicted octanol–water partition coefficient (Wildman–Crippen LogP) is 2.74. The van der Waals surface area contributed by atoms with E-state index in [-0.39, 0.29) is 18.5 Å². The maximum absolute atomic E-state index is 14.1. The molecule has 1 fully saturated rings. The van der Waals surface area contributed by atoms with E-state index in [4.69, 9.17) is 15.1 Å². The third kappa shape index (κ3) is 4.95. The first-order chi connectivity index (χ1) is 17.9. The average Bonchev–Trinajstić information content (AvgIpc) is 3.52. The average molecular weight is 511 g/mol. The molecule has 1 aromatic carbocycles. The molecule has 0 bridgehead atoms. The van der Waals surface area contributed by atoms with Crippen molar-refractivity contribution in [1.82, 2.24) is 19.8 Å². The van der Waals surface area contributed by atoms with Crippen LogP contribution in [0.2, 0.25) is 0 Å². The number of carbonyl (C=O) groups is 2. The number of aliphatic imine (C=N–C) groups is 1. The number of urea groups is 1.